The first-order chi connectivity index (χ1) is 24.2. The molecule has 0 amide bonds. The zero-order chi connectivity index (χ0) is 35.1. The molecule has 4 aliphatic rings. The fourth-order valence-electron chi connectivity index (χ4n) is 7.62. The Morgan fingerprint density at radius 2 is 1.36 bits per heavy atom. The summed E-state index contributed by atoms with van der Waals surface area (Å²) in [5.41, 5.74) is 6.32. The minimum Gasteiger partial charge on any atom is -0.493 e. The highest BCUT2D eigenvalue weighted by Gasteiger charge is 2.38. The summed E-state index contributed by atoms with van der Waals surface area (Å²) in [5.74, 6) is 4.22. The normalized spacial score (nSPS) is 18.5. The molecule has 10 nitrogen and oxygen atoms in total. The summed E-state index contributed by atoms with van der Waals surface area (Å²) in [6.07, 6.45) is 2.87. The third kappa shape index (κ3) is 6.07. The van der Waals surface area contributed by atoms with Crippen molar-refractivity contribution in [2.24, 2.45) is 0 Å². The number of methoxy groups -OCH3 is 4. The van der Waals surface area contributed by atoms with Gasteiger partial charge in [-0.15, -0.1) is 0 Å². The molecular weight excluding hydrogens is 636 g/mol. The highest BCUT2D eigenvalue weighted by Crippen LogP contribution is 2.56. The predicted molar refractivity (Wildman–Crippen MR) is 189 cm³/mol. The monoisotopic (exact) mass is 680 g/mol. The van der Waals surface area contributed by atoms with Crippen molar-refractivity contribution in [3.63, 3.8) is 0 Å². The lowest BCUT2D eigenvalue weighted by atomic mass is 9.86. The maximum absolute atomic E-state index is 12.5. The van der Waals surface area contributed by atoms with Crippen molar-refractivity contribution in [3.8, 4) is 51.7 Å². The van der Waals surface area contributed by atoms with Crippen LogP contribution in [-0.4, -0.2) is 71.4 Å². The molecule has 8 rings (SSSR count). The molecule has 4 aliphatic heterocycles. The first-order valence-corrected chi connectivity index (χ1v) is 16.9. The Morgan fingerprint density at radius 3 is 2.06 bits per heavy atom. The van der Waals surface area contributed by atoms with Crippen LogP contribution in [-0.2, 0) is 30.5 Å². The Kier molecular flexibility index (Phi) is 9.24. The Bertz CT molecular complexity index is 1920. The molecule has 0 N–H and O–H groups in total. The van der Waals surface area contributed by atoms with E-state index in [2.05, 4.69) is 48.2 Å². The van der Waals surface area contributed by atoms with E-state index in [9.17, 15) is 4.79 Å². The minimum absolute atomic E-state index is 0.102. The molecule has 0 aromatic heterocycles. The fourth-order valence-corrected chi connectivity index (χ4v) is 7.62. The maximum atomic E-state index is 12.5. The van der Waals surface area contributed by atoms with Crippen LogP contribution in [0.1, 0.15) is 52.4 Å². The number of benzene rings is 4. The van der Waals surface area contributed by atoms with Crippen molar-refractivity contribution in [1.29, 1.82) is 0 Å². The van der Waals surface area contributed by atoms with Crippen LogP contribution >= 0.6 is 0 Å². The van der Waals surface area contributed by atoms with E-state index in [0.717, 1.165) is 41.8 Å². The second kappa shape index (κ2) is 13.8. The average Bonchev–Trinajstić information content (AvgIpc) is 3.11. The number of hydrogen-bond donors (Lipinski definition) is 0. The predicted octanol–water partition coefficient (Wildman–Crippen LogP) is 7.09. The van der Waals surface area contributed by atoms with E-state index in [1.807, 2.05) is 30.3 Å². The first-order valence-electron chi connectivity index (χ1n) is 16.9. The summed E-state index contributed by atoms with van der Waals surface area (Å²) in [5, 5.41) is 0. The van der Waals surface area contributed by atoms with Crippen molar-refractivity contribution in [2.75, 3.05) is 55.6 Å². The summed E-state index contributed by atoms with van der Waals surface area (Å²) < 4.78 is 43.1. The second-order valence-electron chi connectivity index (χ2n) is 13.1. The van der Waals surface area contributed by atoms with E-state index in [1.54, 1.807) is 28.4 Å². The molecule has 4 aromatic carbocycles. The lowest BCUT2D eigenvalue weighted by Gasteiger charge is -2.38. The number of ether oxygens (including phenoxy) is 7. The molecular formula is C40H44N2O8. The highest BCUT2D eigenvalue weighted by molar-refractivity contribution is 5.76. The molecule has 0 spiro atoms. The molecule has 0 saturated heterocycles. The molecule has 0 saturated carbocycles. The first kappa shape index (κ1) is 33.6. The molecule has 4 aromatic rings. The Labute approximate surface area is 293 Å². The number of esters is 1. The Hall–Kier alpha value is -4.93. The number of nitrogens with zero attached hydrogens (tertiary/aromatic N) is 2. The summed E-state index contributed by atoms with van der Waals surface area (Å²) >= 11 is 0. The van der Waals surface area contributed by atoms with E-state index in [-0.39, 0.29) is 12.1 Å². The zero-order valence-electron chi connectivity index (χ0n) is 29.8. The number of fused-ring (bicyclic) bond motifs is 2. The quantitative estimate of drug-likeness (QED) is 0.161. The van der Waals surface area contributed by atoms with Gasteiger partial charge < -0.3 is 33.2 Å². The minimum atomic E-state index is -0.450. The van der Waals surface area contributed by atoms with Gasteiger partial charge in [0.25, 0.3) is 0 Å². The van der Waals surface area contributed by atoms with E-state index in [1.165, 1.54) is 23.6 Å². The van der Waals surface area contributed by atoms with Gasteiger partial charge in [-0.25, -0.2) is 0 Å². The SMILES string of the molecule is COc1ccc2cc1Oc1ccc(cc1)C[C@H]1c3cc(c(OC)cc3CCN1C)Oc1c(OC)c(OC)c(OC(C)=O)c3c1[C@H](C2)N(C)CC3. The second-order valence-corrected chi connectivity index (χ2v) is 13.1. The van der Waals surface area contributed by atoms with Gasteiger partial charge in [0.15, 0.2) is 34.5 Å². The number of likely N-dealkylation sites (N-methyl/N-ethyl adjacent to an activating group) is 2. The molecule has 4 heterocycles. The van der Waals surface area contributed by atoms with E-state index in [4.69, 9.17) is 33.2 Å². The third-order valence-electron chi connectivity index (χ3n) is 10.2. The van der Waals surface area contributed by atoms with E-state index < -0.39 is 5.97 Å². The fraction of sp³-hybridized carbons (Fsp3) is 0.375. The van der Waals surface area contributed by atoms with Crippen LogP contribution < -0.4 is 33.2 Å². The van der Waals surface area contributed by atoms with Gasteiger partial charge in [-0.3, -0.25) is 14.6 Å². The van der Waals surface area contributed by atoms with Crippen molar-refractivity contribution >= 4 is 5.97 Å². The summed E-state index contributed by atoms with van der Waals surface area (Å²) in [6, 6.07) is 18.4. The lowest BCUT2D eigenvalue weighted by molar-refractivity contribution is -0.132. The molecule has 0 unspecified atom stereocenters. The van der Waals surface area contributed by atoms with Crippen LogP contribution in [0.25, 0.3) is 0 Å². The van der Waals surface area contributed by atoms with Gasteiger partial charge in [0.1, 0.15) is 5.75 Å². The molecule has 0 aliphatic carbocycles. The maximum Gasteiger partial charge on any atom is 0.308 e. The summed E-state index contributed by atoms with van der Waals surface area (Å²) in [4.78, 5) is 17.2. The van der Waals surface area contributed by atoms with Gasteiger partial charge in [-0.1, -0.05) is 18.2 Å². The third-order valence-corrected chi connectivity index (χ3v) is 10.2. The van der Waals surface area contributed by atoms with E-state index in [0.29, 0.717) is 65.4 Å². The molecule has 2 atom stereocenters. The molecule has 0 fully saturated rings. The largest absolute Gasteiger partial charge is 0.493 e. The van der Waals surface area contributed by atoms with Crippen molar-refractivity contribution in [1.82, 2.24) is 9.80 Å². The van der Waals surface area contributed by atoms with Gasteiger partial charge in [0, 0.05) is 43.2 Å². The topological polar surface area (TPSA) is 88.2 Å². The van der Waals surface area contributed by atoms with Crippen LogP contribution in [0.3, 0.4) is 0 Å². The Morgan fingerprint density at radius 1 is 0.700 bits per heavy atom. The van der Waals surface area contributed by atoms with Gasteiger partial charge in [0.05, 0.1) is 28.4 Å². The molecule has 50 heavy (non-hydrogen) atoms. The summed E-state index contributed by atoms with van der Waals surface area (Å²) in [6.45, 7) is 3.02. The molecule has 6 bridgehead atoms. The van der Waals surface area contributed by atoms with Gasteiger partial charge in [-0.05, 0) is 98.4 Å². The van der Waals surface area contributed by atoms with Crippen LogP contribution in [0.15, 0.2) is 54.6 Å². The lowest BCUT2D eigenvalue weighted by Crippen LogP contribution is -2.34. The van der Waals surface area contributed by atoms with Gasteiger partial charge in [0.2, 0.25) is 11.5 Å². The highest BCUT2D eigenvalue weighted by atomic mass is 16.6. The standard InChI is InChI=1S/C40H44N2O8/c1-23(43)48-37-28-15-17-42(3)31-19-25-10-13-32(44-4)34(20-25)49-27-11-8-24(9-12-27)18-30-29-22-35(33(45-5)21-26(29)14-16-41(30)2)50-38(36(28)31)40(47-7)39(37)46-6/h8-13,20-22,30-31H,14-19H2,1-7H3/t30-,31-/m0/s1. The molecule has 10 heteroatoms. The number of carbonyl (C=O) groups is 1. The van der Waals surface area contributed by atoms with Gasteiger partial charge in [-0.2, -0.15) is 0 Å². The molecule has 262 valence electrons. The van der Waals surface area contributed by atoms with Gasteiger partial charge >= 0.3 is 5.97 Å². The van der Waals surface area contributed by atoms with Crippen molar-refractivity contribution < 1.29 is 38.0 Å². The number of rotatable bonds is 5. The number of carbonyl (C=O) groups excluding carboxylic acids is 1. The zero-order valence-corrected chi connectivity index (χ0v) is 29.8. The van der Waals surface area contributed by atoms with Crippen LogP contribution in [0.4, 0.5) is 0 Å². The van der Waals surface area contributed by atoms with Crippen LogP contribution in [0.5, 0.6) is 51.7 Å². The van der Waals surface area contributed by atoms with Crippen LogP contribution in [0.2, 0.25) is 0 Å². The van der Waals surface area contributed by atoms with E-state index >= 15 is 0 Å². The molecule has 0 radical (unpaired) electrons. The summed E-state index contributed by atoms with van der Waals surface area (Å²) in [7, 11) is 10.7. The van der Waals surface area contributed by atoms with Crippen LogP contribution in [0, 0.1) is 0 Å². The smallest absolute Gasteiger partial charge is 0.308 e. The van der Waals surface area contributed by atoms with Crippen molar-refractivity contribution in [3.05, 3.63) is 88.0 Å². The van der Waals surface area contributed by atoms with Crippen molar-refractivity contribution in [2.45, 2.75) is 44.7 Å². The average molecular weight is 681 g/mol. The Balaban J connectivity index is 1.51. The number of hydrogen-bond acceptors (Lipinski definition) is 10.